The van der Waals surface area contributed by atoms with Crippen LogP contribution in [0.1, 0.15) is 37.7 Å². The molecule has 1 aromatic carbocycles. The van der Waals surface area contributed by atoms with Crippen molar-refractivity contribution in [2.24, 2.45) is 0 Å². The normalized spacial score (nSPS) is 20.0. The maximum Gasteiger partial charge on any atom is 0.122 e. The number of ether oxygens (including phenoxy) is 1. The van der Waals surface area contributed by atoms with Crippen molar-refractivity contribution in [2.75, 3.05) is 7.11 Å². The fourth-order valence-corrected chi connectivity index (χ4v) is 3.21. The summed E-state index contributed by atoms with van der Waals surface area (Å²) in [6.07, 6.45) is 4.17. The van der Waals surface area contributed by atoms with Gasteiger partial charge < -0.3 is 14.9 Å². The molecule has 2 N–H and O–H groups in total. The van der Waals surface area contributed by atoms with Gasteiger partial charge in [-0.25, -0.2) is 0 Å². The van der Waals surface area contributed by atoms with E-state index in [4.69, 9.17) is 4.74 Å². The number of halogens is 1. The highest BCUT2D eigenvalue weighted by molar-refractivity contribution is 9.10. The summed E-state index contributed by atoms with van der Waals surface area (Å²) >= 11 is 3.43. The van der Waals surface area contributed by atoms with Crippen LogP contribution in [-0.4, -0.2) is 29.0 Å². The maximum atomic E-state index is 10.5. The van der Waals surface area contributed by atoms with Gasteiger partial charge in [0, 0.05) is 10.9 Å². The second-order valence-corrected chi connectivity index (χ2v) is 6.26. The van der Waals surface area contributed by atoms with E-state index in [2.05, 4.69) is 15.9 Å². The van der Waals surface area contributed by atoms with Gasteiger partial charge in [-0.3, -0.25) is 0 Å². The summed E-state index contributed by atoms with van der Waals surface area (Å²) in [5.74, 6) is 0.752. The van der Waals surface area contributed by atoms with Crippen LogP contribution in [0, 0.1) is 0 Å². The van der Waals surface area contributed by atoms with Gasteiger partial charge in [0.25, 0.3) is 0 Å². The third-order valence-electron chi connectivity index (χ3n) is 4.00. The molecule has 1 saturated carbocycles. The van der Waals surface area contributed by atoms with Crippen LogP contribution in [0.15, 0.2) is 22.7 Å². The van der Waals surface area contributed by atoms with E-state index in [0.717, 1.165) is 35.0 Å². The molecule has 1 aliphatic rings. The second-order valence-electron chi connectivity index (χ2n) is 5.34. The molecule has 1 aromatic rings. The number of aliphatic hydroxyl groups excluding tert-OH is 1. The van der Waals surface area contributed by atoms with Gasteiger partial charge >= 0.3 is 0 Å². The summed E-state index contributed by atoms with van der Waals surface area (Å²) in [7, 11) is 1.62. The Balaban J connectivity index is 2.13. The summed E-state index contributed by atoms with van der Waals surface area (Å²) in [6.45, 7) is 0. The van der Waals surface area contributed by atoms with Crippen LogP contribution in [-0.2, 0) is 6.42 Å². The highest BCUT2D eigenvalue weighted by atomic mass is 79.9. The second kappa shape index (κ2) is 6.25. The van der Waals surface area contributed by atoms with Crippen molar-refractivity contribution in [2.45, 2.75) is 50.2 Å². The molecule has 0 saturated heterocycles. The molecule has 0 radical (unpaired) electrons. The van der Waals surface area contributed by atoms with Crippen LogP contribution >= 0.6 is 15.9 Å². The quantitative estimate of drug-likeness (QED) is 0.893. The van der Waals surface area contributed by atoms with Crippen LogP contribution in [0.5, 0.6) is 5.75 Å². The zero-order chi connectivity index (χ0) is 13.9. The molecule has 0 aliphatic heterocycles. The number of rotatable bonds is 4. The Morgan fingerprint density at radius 3 is 2.63 bits per heavy atom. The molecular formula is C15H21BrO3. The maximum absolute atomic E-state index is 10.5. The topological polar surface area (TPSA) is 49.7 Å². The predicted molar refractivity (Wildman–Crippen MR) is 78.4 cm³/mol. The Morgan fingerprint density at radius 2 is 2.00 bits per heavy atom. The molecule has 1 atom stereocenters. The van der Waals surface area contributed by atoms with E-state index in [1.54, 1.807) is 7.11 Å². The summed E-state index contributed by atoms with van der Waals surface area (Å²) in [5.41, 5.74) is -0.0191. The van der Waals surface area contributed by atoms with Gasteiger partial charge in [-0.05, 0) is 36.6 Å². The highest BCUT2D eigenvalue weighted by Gasteiger charge is 2.37. The van der Waals surface area contributed by atoms with E-state index in [9.17, 15) is 10.2 Å². The molecule has 4 heteroatoms. The summed E-state index contributed by atoms with van der Waals surface area (Å²) < 4.78 is 6.26. The molecule has 0 amide bonds. The molecule has 0 spiro atoms. The number of benzene rings is 1. The zero-order valence-electron chi connectivity index (χ0n) is 11.2. The Kier molecular flexibility index (Phi) is 4.87. The van der Waals surface area contributed by atoms with E-state index in [0.29, 0.717) is 19.3 Å². The Morgan fingerprint density at radius 1 is 1.32 bits per heavy atom. The van der Waals surface area contributed by atoms with Crippen molar-refractivity contribution in [3.63, 3.8) is 0 Å². The van der Waals surface area contributed by atoms with Crippen LogP contribution in [0.2, 0.25) is 0 Å². The smallest absolute Gasteiger partial charge is 0.122 e. The third kappa shape index (κ3) is 3.50. The monoisotopic (exact) mass is 328 g/mol. The molecule has 3 nitrogen and oxygen atoms in total. The summed E-state index contributed by atoms with van der Waals surface area (Å²) in [4.78, 5) is 0. The van der Waals surface area contributed by atoms with Crippen molar-refractivity contribution in [3.05, 3.63) is 28.2 Å². The molecule has 106 valence electrons. The van der Waals surface area contributed by atoms with Gasteiger partial charge in [-0.1, -0.05) is 35.2 Å². The lowest BCUT2D eigenvalue weighted by molar-refractivity contribution is -0.0961. The Labute approximate surface area is 122 Å². The van der Waals surface area contributed by atoms with Crippen molar-refractivity contribution < 1.29 is 14.9 Å². The first-order chi connectivity index (χ1) is 9.05. The van der Waals surface area contributed by atoms with Gasteiger partial charge in [0.15, 0.2) is 0 Å². The van der Waals surface area contributed by atoms with Crippen molar-refractivity contribution >= 4 is 15.9 Å². The molecule has 0 aromatic heterocycles. The van der Waals surface area contributed by atoms with Crippen molar-refractivity contribution in [3.8, 4) is 5.75 Å². The SMILES string of the molecule is COc1ccc(Br)cc1CC(O)C1(O)CCCCC1. The van der Waals surface area contributed by atoms with E-state index in [1.165, 1.54) is 0 Å². The molecule has 19 heavy (non-hydrogen) atoms. The van der Waals surface area contributed by atoms with Gasteiger partial charge in [0.2, 0.25) is 0 Å². The van der Waals surface area contributed by atoms with Crippen LogP contribution in [0.25, 0.3) is 0 Å². The zero-order valence-corrected chi connectivity index (χ0v) is 12.8. The predicted octanol–water partition coefficient (Wildman–Crippen LogP) is 3.06. The summed E-state index contributed by atoms with van der Waals surface area (Å²) in [6, 6.07) is 5.72. The van der Waals surface area contributed by atoms with Gasteiger partial charge in [-0.2, -0.15) is 0 Å². The summed E-state index contributed by atoms with van der Waals surface area (Å²) in [5, 5.41) is 20.9. The minimum atomic E-state index is -0.939. The Hall–Kier alpha value is -0.580. The highest BCUT2D eigenvalue weighted by Crippen LogP contribution is 2.34. The van der Waals surface area contributed by atoms with Crippen molar-refractivity contribution in [1.29, 1.82) is 0 Å². The Bertz CT molecular complexity index is 427. The van der Waals surface area contributed by atoms with E-state index < -0.39 is 11.7 Å². The molecule has 2 rings (SSSR count). The number of hydrogen-bond donors (Lipinski definition) is 2. The average Bonchev–Trinajstić information content (AvgIpc) is 2.40. The van der Waals surface area contributed by atoms with Gasteiger partial charge in [0.1, 0.15) is 5.75 Å². The van der Waals surface area contributed by atoms with Gasteiger partial charge in [-0.15, -0.1) is 0 Å². The van der Waals surface area contributed by atoms with Gasteiger partial charge in [0.05, 0.1) is 18.8 Å². The lowest BCUT2D eigenvalue weighted by Gasteiger charge is -2.36. The molecule has 1 aliphatic carbocycles. The molecule has 1 fully saturated rings. The molecular weight excluding hydrogens is 308 g/mol. The number of methoxy groups -OCH3 is 1. The first-order valence-corrected chi connectivity index (χ1v) is 7.57. The first-order valence-electron chi connectivity index (χ1n) is 6.78. The number of aliphatic hydroxyl groups is 2. The van der Waals surface area contributed by atoms with Crippen LogP contribution in [0.3, 0.4) is 0 Å². The van der Waals surface area contributed by atoms with Crippen LogP contribution in [0.4, 0.5) is 0 Å². The average molecular weight is 329 g/mol. The van der Waals surface area contributed by atoms with E-state index in [-0.39, 0.29) is 0 Å². The lowest BCUT2D eigenvalue weighted by Crippen LogP contribution is -2.45. The first kappa shape index (κ1) is 14.8. The minimum absolute atomic E-state index is 0.416. The van der Waals surface area contributed by atoms with Crippen LogP contribution < -0.4 is 4.74 Å². The fourth-order valence-electron chi connectivity index (χ4n) is 2.80. The van der Waals surface area contributed by atoms with E-state index >= 15 is 0 Å². The standard InChI is InChI=1S/C15H21BrO3/c1-19-13-6-5-12(16)9-11(13)10-14(17)15(18)7-3-2-4-8-15/h5-6,9,14,17-18H,2-4,7-8,10H2,1H3. The molecule has 0 bridgehead atoms. The fraction of sp³-hybridized carbons (Fsp3) is 0.600. The third-order valence-corrected chi connectivity index (χ3v) is 4.49. The number of hydrogen-bond acceptors (Lipinski definition) is 3. The minimum Gasteiger partial charge on any atom is -0.496 e. The van der Waals surface area contributed by atoms with Crippen molar-refractivity contribution in [1.82, 2.24) is 0 Å². The molecule has 1 unspecified atom stereocenters. The van der Waals surface area contributed by atoms with E-state index in [1.807, 2.05) is 18.2 Å². The largest absolute Gasteiger partial charge is 0.496 e. The lowest BCUT2D eigenvalue weighted by atomic mass is 9.79. The molecule has 0 heterocycles.